The molecule has 3 nitrogen and oxygen atoms in total. The van der Waals surface area contributed by atoms with Gasteiger partial charge in [0, 0.05) is 11.3 Å². The zero-order valence-corrected chi connectivity index (χ0v) is 11.1. The van der Waals surface area contributed by atoms with Crippen molar-refractivity contribution in [1.29, 1.82) is 0 Å². The van der Waals surface area contributed by atoms with Gasteiger partial charge in [0.1, 0.15) is 12.3 Å². The molecule has 1 unspecified atom stereocenters. The van der Waals surface area contributed by atoms with E-state index in [1.807, 2.05) is 20.8 Å². The van der Waals surface area contributed by atoms with Gasteiger partial charge in [-0.15, -0.1) is 0 Å². The molecular weight excluding hydrogens is 221 g/mol. The molecule has 0 spiro atoms. The Hall–Kier alpha value is -0.800. The van der Waals surface area contributed by atoms with E-state index in [2.05, 4.69) is 0 Å². The van der Waals surface area contributed by atoms with Crippen LogP contribution in [-0.4, -0.2) is 18.4 Å². The molecule has 1 saturated carbocycles. The number of carbonyl (C=O) groups is 1. The van der Waals surface area contributed by atoms with Crippen molar-refractivity contribution in [2.24, 2.45) is 17.1 Å². The summed E-state index contributed by atoms with van der Waals surface area (Å²) in [6.07, 6.45) is 4.28. The zero-order valence-electron chi connectivity index (χ0n) is 11.1. The predicted molar refractivity (Wildman–Crippen MR) is 65.4 cm³/mol. The third-order valence-electron chi connectivity index (χ3n) is 4.02. The molecule has 2 N–H and O–H groups in total. The molecule has 1 rings (SSSR count). The summed E-state index contributed by atoms with van der Waals surface area (Å²) in [6, 6.07) is 0. The number of amides is 1. The van der Waals surface area contributed by atoms with Crippen LogP contribution in [0, 0.1) is 11.3 Å². The van der Waals surface area contributed by atoms with Gasteiger partial charge in [-0.05, 0) is 12.8 Å². The maximum Gasteiger partial charge on any atom is 0.405 e. The molecule has 17 heavy (non-hydrogen) atoms. The maximum atomic E-state index is 13.6. The molecule has 100 valence electrons. The van der Waals surface area contributed by atoms with Crippen LogP contribution in [0.1, 0.15) is 52.9 Å². The SMILES string of the molecule is CC(C)(C)C(CF)(OC(N)=O)C1CCCCC1. The first-order chi connectivity index (χ1) is 7.83. The first kappa shape index (κ1) is 14.3. The molecule has 1 fully saturated rings. The summed E-state index contributed by atoms with van der Waals surface area (Å²) in [5.74, 6) is 0.0775. The van der Waals surface area contributed by atoms with Crippen LogP contribution in [-0.2, 0) is 4.74 Å². The van der Waals surface area contributed by atoms with E-state index >= 15 is 0 Å². The Balaban J connectivity index is 3.00. The lowest BCUT2D eigenvalue weighted by molar-refractivity contribution is -0.128. The van der Waals surface area contributed by atoms with E-state index in [0.717, 1.165) is 25.7 Å². The van der Waals surface area contributed by atoms with Gasteiger partial charge in [0.15, 0.2) is 0 Å². The summed E-state index contributed by atoms with van der Waals surface area (Å²) >= 11 is 0. The number of rotatable bonds is 3. The van der Waals surface area contributed by atoms with Crippen LogP contribution in [0.4, 0.5) is 9.18 Å². The summed E-state index contributed by atoms with van der Waals surface area (Å²) < 4.78 is 18.9. The van der Waals surface area contributed by atoms with Gasteiger partial charge in [-0.3, -0.25) is 0 Å². The van der Waals surface area contributed by atoms with Gasteiger partial charge in [-0.25, -0.2) is 9.18 Å². The summed E-state index contributed by atoms with van der Waals surface area (Å²) in [5, 5.41) is 0. The Morgan fingerprint density at radius 3 is 2.18 bits per heavy atom. The lowest BCUT2D eigenvalue weighted by Crippen LogP contribution is -2.55. The molecule has 1 aliphatic rings. The Labute approximate surface area is 103 Å². The van der Waals surface area contributed by atoms with Crippen LogP contribution < -0.4 is 5.73 Å². The second kappa shape index (κ2) is 5.23. The first-order valence-electron chi connectivity index (χ1n) is 6.38. The molecule has 0 aromatic rings. The Morgan fingerprint density at radius 2 is 1.82 bits per heavy atom. The Morgan fingerprint density at radius 1 is 1.29 bits per heavy atom. The number of carbonyl (C=O) groups excluding carboxylic acids is 1. The number of halogens is 1. The highest BCUT2D eigenvalue weighted by atomic mass is 19.1. The van der Waals surface area contributed by atoms with E-state index in [-0.39, 0.29) is 5.92 Å². The lowest BCUT2D eigenvalue weighted by Gasteiger charge is -2.48. The lowest BCUT2D eigenvalue weighted by atomic mass is 9.65. The number of nitrogens with two attached hydrogens (primary N) is 1. The van der Waals surface area contributed by atoms with Crippen molar-refractivity contribution >= 4 is 6.09 Å². The summed E-state index contributed by atoms with van der Waals surface area (Å²) in [5.41, 5.74) is 3.61. The third-order valence-corrected chi connectivity index (χ3v) is 4.02. The standard InChI is InChI=1S/C13H24FNO2/c1-12(2,3)13(9-14,17-11(15)16)10-7-5-4-6-8-10/h10H,4-9H2,1-3H3,(H2,15,16). The van der Waals surface area contributed by atoms with E-state index in [1.165, 1.54) is 6.42 Å². The molecular formula is C13H24FNO2. The number of alkyl halides is 1. The minimum absolute atomic E-state index is 0.0775. The zero-order chi connectivity index (χ0) is 13.1. The van der Waals surface area contributed by atoms with Gasteiger partial charge < -0.3 is 10.5 Å². The smallest absolute Gasteiger partial charge is 0.405 e. The van der Waals surface area contributed by atoms with Gasteiger partial charge in [0.2, 0.25) is 0 Å². The van der Waals surface area contributed by atoms with Crippen molar-refractivity contribution in [1.82, 2.24) is 0 Å². The highest BCUT2D eigenvalue weighted by Gasteiger charge is 2.51. The van der Waals surface area contributed by atoms with Gasteiger partial charge in [-0.2, -0.15) is 0 Å². The molecule has 0 aromatic carbocycles. The quantitative estimate of drug-likeness (QED) is 0.828. The average Bonchev–Trinajstić information content (AvgIpc) is 2.25. The van der Waals surface area contributed by atoms with E-state index in [1.54, 1.807) is 0 Å². The molecule has 0 heterocycles. The minimum atomic E-state index is -1.07. The van der Waals surface area contributed by atoms with Crippen LogP contribution in [0.25, 0.3) is 0 Å². The molecule has 1 amide bonds. The van der Waals surface area contributed by atoms with Crippen molar-refractivity contribution in [3.63, 3.8) is 0 Å². The van der Waals surface area contributed by atoms with Crippen molar-refractivity contribution in [2.75, 3.05) is 6.67 Å². The second-order valence-electron chi connectivity index (χ2n) is 6.03. The van der Waals surface area contributed by atoms with Crippen molar-refractivity contribution < 1.29 is 13.9 Å². The molecule has 0 saturated heterocycles. The predicted octanol–water partition coefficient (Wildman–Crippen LogP) is 3.42. The first-order valence-corrected chi connectivity index (χ1v) is 6.38. The number of hydrogen-bond acceptors (Lipinski definition) is 2. The highest BCUT2D eigenvalue weighted by Crippen LogP contribution is 2.46. The minimum Gasteiger partial charge on any atom is -0.439 e. The van der Waals surface area contributed by atoms with Crippen molar-refractivity contribution in [3.8, 4) is 0 Å². The number of hydrogen-bond donors (Lipinski definition) is 1. The fourth-order valence-corrected chi connectivity index (χ4v) is 2.93. The normalized spacial score (nSPS) is 21.9. The van der Waals surface area contributed by atoms with E-state index in [4.69, 9.17) is 10.5 Å². The Bertz CT molecular complexity index is 269. The Kier molecular flexibility index (Phi) is 4.39. The van der Waals surface area contributed by atoms with Crippen LogP contribution in [0.3, 0.4) is 0 Å². The third kappa shape index (κ3) is 2.90. The summed E-state index contributed by atoms with van der Waals surface area (Å²) in [4.78, 5) is 11.1. The van der Waals surface area contributed by atoms with Crippen LogP contribution in [0.5, 0.6) is 0 Å². The van der Waals surface area contributed by atoms with E-state index < -0.39 is 23.8 Å². The van der Waals surface area contributed by atoms with Crippen LogP contribution >= 0.6 is 0 Å². The summed E-state index contributed by atoms with van der Waals surface area (Å²) in [7, 11) is 0. The fourth-order valence-electron chi connectivity index (χ4n) is 2.93. The number of ether oxygens (including phenoxy) is 1. The molecule has 1 atom stereocenters. The molecule has 0 aromatic heterocycles. The molecule has 0 bridgehead atoms. The molecule has 1 aliphatic carbocycles. The van der Waals surface area contributed by atoms with Gasteiger partial charge in [0.05, 0.1) is 0 Å². The van der Waals surface area contributed by atoms with E-state index in [0.29, 0.717) is 0 Å². The molecule has 4 heteroatoms. The largest absolute Gasteiger partial charge is 0.439 e. The van der Waals surface area contributed by atoms with E-state index in [9.17, 15) is 9.18 Å². The fraction of sp³-hybridized carbons (Fsp3) is 0.923. The van der Waals surface area contributed by atoms with Gasteiger partial charge >= 0.3 is 6.09 Å². The maximum absolute atomic E-state index is 13.6. The average molecular weight is 245 g/mol. The number of primary amides is 1. The van der Waals surface area contributed by atoms with Crippen LogP contribution in [0.15, 0.2) is 0 Å². The summed E-state index contributed by atoms with van der Waals surface area (Å²) in [6.45, 7) is 5.06. The van der Waals surface area contributed by atoms with Crippen LogP contribution in [0.2, 0.25) is 0 Å². The highest BCUT2D eigenvalue weighted by molar-refractivity contribution is 5.65. The molecule has 0 aliphatic heterocycles. The van der Waals surface area contributed by atoms with Gasteiger partial charge in [-0.1, -0.05) is 40.0 Å². The monoisotopic (exact) mass is 245 g/mol. The second-order valence-corrected chi connectivity index (χ2v) is 6.03. The topological polar surface area (TPSA) is 52.3 Å². The molecule has 0 radical (unpaired) electrons. The van der Waals surface area contributed by atoms with Gasteiger partial charge in [0.25, 0.3) is 0 Å². The van der Waals surface area contributed by atoms with Crippen molar-refractivity contribution in [2.45, 2.75) is 58.5 Å². The van der Waals surface area contributed by atoms with Crippen molar-refractivity contribution in [3.05, 3.63) is 0 Å².